The minimum Gasteiger partial charge on any atom is -0.372 e. The summed E-state index contributed by atoms with van der Waals surface area (Å²) in [4.78, 5) is 13.2. The van der Waals surface area contributed by atoms with Crippen LogP contribution in [0.5, 0.6) is 0 Å². The molecule has 0 saturated heterocycles. The Bertz CT molecular complexity index is 554. The normalized spacial score (nSPS) is 10.4. The van der Waals surface area contributed by atoms with Gasteiger partial charge in [0.2, 0.25) is 0 Å². The average Bonchev–Trinajstić information content (AvgIpc) is 2.30. The second-order valence-electron chi connectivity index (χ2n) is 3.82. The van der Waals surface area contributed by atoms with Gasteiger partial charge in [0, 0.05) is 19.4 Å². The average molecular weight is 340 g/mol. The highest BCUT2D eigenvalue weighted by atomic mass is 127. The number of halogens is 1. The topological polar surface area (TPSA) is 50.7 Å². The molecule has 2 heterocycles. The Morgan fingerprint density at radius 1 is 1.18 bits per heavy atom. The van der Waals surface area contributed by atoms with Gasteiger partial charge in [-0.25, -0.2) is 9.97 Å². The molecule has 0 radical (unpaired) electrons. The molecule has 1 N–H and O–H groups in total. The fourth-order valence-corrected chi connectivity index (χ4v) is 2.14. The highest BCUT2D eigenvalue weighted by Gasteiger charge is 2.09. The van der Waals surface area contributed by atoms with Crippen LogP contribution >= 0.6 is 22.6 Å². The molecule has 0 bridgehead atoms. The number of aromatic nitrogens is 3. The van der Waals surface area contributed by atoms with Gasteiger partial charge in [-0.2, -0.15) is 0 Å². The lowest BCUT2D eigenvalue weighted by atomic mass is 10.1. The Balaban J connectivity index is 2.53. The van der Waals surface area contributed by atoms with E-state index in [-0.39, 0.29) is 0 Å². The lowest BCUT2D eigenvalue weighted by Crippen LogP contribution is -2.01. The molecule has 0 fully saturated rings. The van der Waals surface area contributed by atoms with E-state index in [0.717, 1.165) is 26.2 Å². The third-order valence-electron chi connectivity index (χ3n) is 2.41. The Kier molecular flexibility index (Phi) is 3.56. The van der Waals surface area contributed by atoms with Crippen LogP contribution < -0.4 is 5.32 Å². The van der Waals surface area contributed by atoms with Crippen molar-refractivity contribution in [2.24, 2.45) is 0 Å². The maximum absolute atomic E-state index is 4.46. The molecular formula is C12H13IN4. The van der Waals surface area contributed by atoms with Crippen LogP contribution in [-0.2, 0) is 0 Å². The Morgan fingerprint density at radius 3 is 2.59 bits per heavy atom. The first-order valence-electron chi connectivity index (χ1n) is 5.25. The molecule has 0 spiro atoms. The number of pyridine rings is 1. The molecule has 4 nitrogen and oxygen atoms in total. The van der Waals surface area contributed by atoms with Gasteiger partial charge in [0.15, 0.2) is 5.82 Å². The summed E-state index contributed by atoms with van der Waals surface area (Å²) in [6, 6.07) is 2.09. The fourth-order valence-electron chi connectivity index (χ4n) is 1.61. The van der Waals surface area contributed by atoms with Crippen LogP contribution in [0.2, 0.25) is 0 Å². The summed E-state index contributed by atoms with van der Waals surface area (Å²) in [5.74, 6) is 1.49. The fraction of sp³-hybridized carbons (Fsp3) is 0.250. The minimum absolute atomic E-state index is 0.660. The zero-order valence-corrected chi connectivity index (χ0v) is 12.1. The molecular weight excluding hydrogens is 327 g/mol. The Labute approximate surface area is 114 Å². The highest BCUT2D eigenvalue weighted by Crippen LogP contribution is 2.21. The number of hydrogen-bond donors (Lipinski definition) is 1. The van der Waals surface area contributed by atoms with E-state index in [2.05, 4.69) is 48.9 Å². The maximum atomic E-state index is 4.46. The second-order valence-corrected chi connectivity index (χ2v) is 4.98. The first-order valence-corrected chi connectivity index (χ1v) is 6.33. The molecule has 0 unspecified atom stereocenters. The summed E-state index contributed by atoms with van der Waals surface area (Å²) in [5.41, 5.74) is 3.07. The Morgan fingerprint density at radius 2 is 1.94 bits per heavy atom. The molecule has 17 heavy (non-hydrogen) atoms. The molecule has 2 aromatic rings. The van der Waals surface area contributed by atoms with Crippen molar-refractivity contribution in [2.75, 3.05) is 12.4 Å². The third-order valence-corrected chi connectivity index (χ3v) is 3.20. The zero-order valence-electron chi connectivity index (χ0n) is 9.95. The molecule has 0 aliphatic heterocycles. The van der Waals surface area contributed by atoms with Crippen LogP contribution in [0.1, 0.15) is 11.1 Å². The van der Waals surface area contributed by atoms with Crippen molar-refractivity contribution in [2.45, 2.75) is 13.8 Å². The molecule has 2 aromatic heterocycles. The monoisotopic (exact) mass is 340 g/mol. The summed E-state index contributed by atoms with van der Waals surface area (Å²) < 4.78 is 0.999. The lowest BCUT2D eigenvalue weighted by molar-refractivity contribution is 1.10. The van der Waals surface area contributed by atoms with Crippen molar-refractivity contribution in [3.63, 3.8) is 0 Å². The summed E-state index contributed by atoms with van der Waals surface area (Å²) in [6.45, 7) is 4.05. The van der Waals surface area contributed by atoms with E-state index in [1.165, 1.54) is 0 Å². The molecule has 0 aromatic carbocycles. The SMILES string of the molecule is CNc1nc(-c2ncc(C)cc2C)ncc1I. The van der Waals surface area contributed by atoms with Gasteiger partial charge in [-0.15, -0.1) is 0 Å². The zero-order chi connectivity index (χ0) is 12.4. The predicted molar refractivity (Wildman–Crippen MR) is 77.0 cm³/mol. The summed E-state index contributed by atoms with van der Waals surface area (Å²) in [7, 11) is 1.85. The third kappa shape index (κ3) is 2.54. The lowest BCUT2D eigenvalue weighted by Gasteiger charge is -2.07. The number of hydrogen-bond acceptors (Lipinski definition) is 4. The van der Waals surface area contributed by atoms with Crippen LogP contribution in [0.4, 0.5) is 5.82 Å². The number of anilines is 1. The van der Waals surface area contributed by atoms with E-state index in [4.69, 9.17) is 0 Å². The first-order chi connectivity index (χ1) is 8.11. The van der Waals surface area contributed by atoms with Crippen LogP contribution in [-0.4, -0.2) is 22.0 Å². The molecule has 0 saturated carbocycles. The van der Waals surface area contributed by atoms with Crippen molar-refractivity contribution < 1.29 is 0 Å². The van der Waals surface area contributed by atoms with E-state index in [0.29, 0.717) is 5.82 Å². The highest BCUT2D eigenvalue weighted by molar-refractivity contribution is 14.1. The second kappa shape index (κ2) is 4.95. The number of aryl methyl sites for hydroxylation is 2. The number of nitrogens with zero attached hydrogens (tertiary/aromatic N) is 3. The van der Waals surface area contributed by atoms with E-state index >= 15 is 0 Å². The van der Waals surface area contributed by atoms with E-state index in [1.54, 1.807) is 6.20 Å². The predicted octanol–water partition coefficient (Wildman–Crippen LogP) is 2.80. The molecule has 0 aliphatic carbocycles. The van der Waals surface area contributed by atoms with Gasteiger partial charge in [-0.05, 0) is 47.6 Å². The van der Waals surface area contributed by atoms with Crippen molar-refractivity contribution in [3.05, 3.63) is 33.2 Å². The van der Waals surface area contributed by atoms with Crippen LogP contribution in [0.3, 0.4) is 0 Å². The summed E-state index contributed by atoms with van der Waals surface area (Å²) in [5, 5.41) is 3.05. The van der Waals surface area contributed by atoms with E-state index in [9.17, 15) is 0 Å². The van der Waals surface area contributed by atoms with Crippen molar-refractivity contribution in [1.29, 1.82) is 0 Å². The van der Waals surface area contributed by atoms with Gasteiger partial charge in [0.1, 0.15) is 11.5 Å². The van der Waals surface area contributed by atoms with Gasteiger partial charge in [-0.1, -0.05) is 6.07 Å². The molecule has 0 atom stereocenters. The van der Waals surface area contributed by atoms with Crippen LogP contribution in [0.25, 0.3) is 11.5 Å². The van der Waals surface area contributed by atoms with Crippen molar-refractivity contribution in [1.82, 2.24) is 15.0 Å². The smallest absolute Gasteiger partial charge is 0.180 e. The largest absolute Gasteiger partial charge is 0.372 e. The Hall–Kier alpha value is -1.24. The van der Waals surface area contributed by atoms with Crippen molar-refractivity contribution >= 4 is 28.4 Å². The molecule has 2 rings (SSSR count). The van der Waals surface area contributed by atoms with Gasteiger partial charge >= 0.3 is 0 Å². The molecule has 88 valence electrons. The maximum Gasteiger partial charge on any atom is 0.180 e. The van der Waals surface area contributed by atoms with Gasteiger partial charge in [0.25, 0.3) is 0 Å². The minimum atomic E-state index is 0.660. The molecule has 0 aliphatic rings. The van der Waals surface area contributed by atoms with Crippen molar-refractivity contribution in [3.8, 4) is 11.5 Å². The first kappa shape index (κ1) is 12.2. The molecule has 5 heteroatoms. The van der Waals surface area contributed by atoms with Gasteiger partial charge < -0.3 is 5.32 Å². The van der Waals surface area contributed by atoms with Gasteiger partial charge in [-0.3, -0.25) is 4.98 Å². The quantitative estimate of drug-likeness (QED) is 0.855. The van der Waals surface area contributed by atoms with E-state index < -0.39 is 0 Å². The van der Waals surface area contributed by atoms with Gasteiger partial charge in [0.05, 0.1) is 3.57 Å². The number of nitrogens with one attached hydrogen (secondary N) is 1. The van der Waals surface area contributed by atoms with Crippen LogP contribution in [0, 0.1) is 17.4 Å². The summed E-state index contributed by atoms with van der Waals surface area (Å²) in [6.07, 6.45) is 3.64. The molecule has 0 amide bonds. The standard InChI is InChI=1S/C12H13IN4/c1-7-4-8(2)10(15-5-7)12-16-6-9(13)11(14-3)17-12/h4-6H,1-3H3,(H,14,16,17). The van der Waals surface area contributed by atoms with E-state index in [1.807, 2.05) is 27.1 Å². The number of rotatable bonds is 2. The van der Waals surface area contributed by atoms with Crippen LogP contribution in [0.15, 0.2) is 18.5 Å². The summed E-state index contributed by atoms with van der Waals surface area (Å²) >= 11 is 2.20.